The van der Waals surface area contributed by atoms with Crippen LogP contribution in [0.25, 0.3) is 0 Å². The highest BCUT2D eigenvalue weighted by Crippen LogP contribution is 2.30. The van der Waals surface area contributed by atoms with Crippen LogP contribution in [0.3, 0.4) is 0 Å². The summed E-state index contributed by atoms with van der Waals surface area (Å²) in [5.74, 6) is -2.13. The van der Waals surface area contributed by atoms with E-state index in [9.17, 15) is 13.6 Å². The molecule has 1 aliphatic rings. The fraction of sp³-hybridized carbons (Fsp3) is 0.235. The fourth-order valence-electron chi connectivity index (χ4n) is 2.66. The normalized spacial score (nSPS) is 14.4. The average molecular weight is 412 g/mol. The van der Waals surface area contributed by atoms with Crippen molar-refractivity contribution in [1.82, 2.24) is 0 Å². The number of nitrogens with one attached hydrogen (secondary N) is 1. The molecule has 0 radical (unpaired) electrons. The van der Waals surface area contributed by atoms with Crippen LogP contribution in [0, 0.1) is 11.6 Å². The summed E-state index contributed by atoms with van der Waals surface area (Å²) >= 11 is 3.06. The molecule has 0 saturated carbocycles. The van der Waals surface area contributed by atoms with Gasteiger partial charge in [-0.1, -0.05) is 0 Å². The van der Waals surface area contributed by atoms with E-state index in [4.69, 9.17) is 10.5 Å². The number of carbonyl (C=O) groups excluding carboxylic acids is 1. The second kappa shape index (κ2) is 7.37. The summed E-state index contributed by atoms with van der Waals surface area (Å²) in [7, 11) is 0. The first kappa shape index (κ1) is 17.6. The monoisotopic (exact) mass is 411 g/mol. The number of carbonyl (C=O) groups is 1. The molecule has 0 unspecified atom stereocenters. The van der Waals surface area contributed by atoms with E-state index in [1.54, 1.807) is 12.1 Å². The van der Waals surface area contributed by atoms with Gasteiger partial charge in [0.15, 0.2) is 5.82 Å². The largest absolute Gasteiger partial charge is 0.399 e. The number of nitrogen functional groups attached to an aromatic ring is 1. The highest BCUT2D eigenvalue weighted by atomic mass is 79.9. The van der Waals surface area contributed by atoms with Gasteiger partial charge in [0.05, 0.1) is 24.5 Å². The van der Waals surface area contributed by atoms with Gasteiger partial charge in [-0.3, -0.25) is 4.79 Å². The van der Waals surface area contributed by atoms with E-state index in [0.717, 1.165) is 6.07 Å². The third kappa shape index (κ3) is 3.91. The van der Waals surface area contributed by atoms with Crippen molar-refractivity contribution < 1.29 is 18.3 Å². The molecule has 0 atom stereocenters. The molecule has 1 fully saturated rings. The summed E-state index contributed by atoms with van der Waals surface area (Å²) in [4.78, 5) is 14.7. The van der Waals surface area contributed by atoms with Crippen LogP contribution in [0.1, 0.15) is 10.4 Å². The van der Waals surface area contributed by atoms with E-state index in [0.29, 0.717) is 49.3 Å². The van der Waals surface area contributed by atoms with Crippen LogP contribution >= 0.6 is 15.9 Å². The van der Waals surface area contributed by atoms with E-state index in [1.807, 2.05) is 4.90 Å². The third-order valence-electron chi connectivity index (χ3n) is 3.86. The Balaban J connectivity index is 1.93. The molecule has 1 amide bonds. The van der Waals surface area contributed by atoms with Crippen molar-refractivity contribution in [3.8, 4) is 0 Å². The lowest BCUT2D eigenvalue weighted by Gasteiger charge is -2.30. The van der Waals surface area contributed by atoms with Crippen LogP contribution in [-0.4, -0.2) is 32.2 Å². The van der Waals surface area contributed by atoms with Crippen molar-refractivity contribution in [2.45, 2.75) is 0 Å². The first-order chi connectivity index (χ1) is 12.0. The molecule has 0 bridgehead atoms. The Kier molecular flexibility index (Phi) is 5.19. The molecule has 1 aliphatic heterocycles. The molecule has 1 heterocycles. The van der Waals surface area contributed by atoms with Crippen LogP contribution < -0.4 is 16.0 Å². The molecular weight excluding hydrogens is 396 g/mol. The number of benzene rings is 2. The lowest BCUT2D eigenvalue weighted by Crippen LogP contribution is -2.37. The molecule has 132 valence electrons. The summed E-state index contributed by atoms with van der Waals surface area (Å²) in [5, 5.41) is 2.49. The third-order valence-corrected chi connectivity index (χ3v) is 4.49. The van der Waals surface area contributed by atoms with Gasteiger partial charge < -0.3 is 20.7 Å². The van der Waals surface area contributed by atoms with Crippen LogP contribution in [-0.2, 0) is 4.74 Å². The topological polar surface area (TPSA) is 67.6 Å². The minimum atomic E-state index is -0.864. The molecule has 2 aromatic rings. The number of ether oxygens (including phenoxy) is 1. The van der Waals surface area contributed by atoms with Gasteiger partial charge in [0, 0.05) is 35.0 Å². The number of nitrogens with zero attached hydrogens (tertiary/aromatic N) is 1. The van der Waals surface area contributed by atoms with Crippen molar-refractivity contribution >= 4 is 38.9 Å². The Labute approximate surface area is 151 Å². The van der Waals surface area contributed by atoms with Gasteiger partial charge in [-0.25, -0.2) is 8.78 Å². The zero-order valence-corrected chi connectivity index (χ0v) is 14.8. The molecule has 3 rings (SSSR count). The van der Waals surface area contributed by atoms with Gasteiger partial charge in [-0.2, -0.15) is 0 Å². The van der Waals surface area contributed by atoms with Crippen molar-refractivity contribution in [1.29, 1.82) is 0 Å². The first-order valence-electron chi connectivity index (χ1n) is 7.64. The standard InChI is InChI=1S/C17H16BrF2N3O2/c18-13-7-10(19)8-14(20)16(13)22-17(24)12-9-11(21)1-2-15(12)23-3-5-25-6-4-23/h1-2,7-9H,3-6,21H2,(H,22,24). The molecular formula is C17H16BrF2N3O2. The Morgan fingerprint density at radius 3 is 2.60 bits per heavy atom. The molecule has 2 aromatic carbocycles. The Bertz CT molecular complexity index is 787. The second-order valence-corrected chi connectivity index (χ2v) is 6.43. The van der Waals surface area contributed by atoms with Crippen molar-refractivity contribution in [3.05, 3.63) is 52.0 Å². The van der Waals surface area contributed by atoms with Gasteiger partial charge in [0.1, 0.15) is 5.82 Å². The number of hydrogen-bond acceptors (Lipinski definition) is 4. The summed E-state index contributed by atoms with van der Waals surface area (Å²) in [6, 6.07) is 6.79. The summed E-state index contributed by atoms with van der Waals surface area (Å²) in [6.45, 7) is 2.39. The maximum absolute atomic E-state index is 14.0. The Morgan fingerprint density at radius 2 is 1.92 bits per heavy atom. The summed E-state index contributed by atoms with van der Waals surface area (Å²) in [5.41, 5.74) is 7.11. The zero-order chi connectivity index (χ0) is 18.0. The van der Waals surface area contributed by atoms with Crippen LogP contribution in [0.2, 0.25) is 0 Å². The van der Waals surface area contributed by atoms with E-state index >= 15 is 0 Å². The smallest absolute Gasteiger partial charge is 0.257 e. The first-order valence-corrected chi connectivity index (χ1v) is 8.43. The highest BCUT2D eigenvalue weighted by molar-refractivity contribution is 9.10. The molecule has 0 aromatic heterocycles. The molecule has 0 spiro atoms. The van der Waals surface area contributed by atoms with E-state index in [2.05, 4.69) is 21.2 Å². The second-order valence-electron chi connectivity index (χ2n) is 5.57. The van der Waals surface area contributed by atoms with Crippen molar-refractivity contribution in [3.63, 3.8) is 0 Å². The molecule has 0 aliphatic carbocycles. The SMILES string of the molecule is Nc1ccc(N2CCOCC2)c(C(=O)Nc2c(F)cc(F)cc2Br)c1. The number of nitrogens with two attached hydrogens (primary N) is 1. The minimum absolute atomic E-state index is 0.121. The highest BCUT2D eigenvalue weighted by Gasteiger charge is 2.21. The lowest BCUT2D eigenvalue weighted by molar-refractivity contribution is 0.102. The molecule has 3 N–H and O–H groups in total. The van der Waals surface area contributed by atoms with E-state index in [1.165, 1.54) is 6.07 Å². The molecule has 8 heteroatoms. The fourth-order valence-corrected chi connectivity index (χ4v) is 3.17. The summed E-state index contributed by atoms with van der Waals surface area (Å²) in [6.07, 6.45) is 0. The Morgan fingerprint density at radius 1 is 1.20 bits per heavy atom. The maximum Gasteiger partial charge on any atom is 0.257 e. The number of halogens is 3. The van der Waals surface area contributed by atoms with Gasteiger partial charge in [-0.05, 0) is 40.2 Å². The maximum atomic E-state index is 14.0. The van der Waals surface area contributed by atoms with E-state index in [-0.39, 0.29) is 10.2 Å². The van der Waals surface area contributed by atoms with Gasteiger partial charge in [-0.15, -0.1) is 0 Å². The minimum Gasteiger partial charge on any atom is -0.399 e. The van der Waals surface area contributed by atoms with Gasteiger partial charge >= 0.3 is 0 Å². The number of anilines is 3. The van der Waals surface area contributed by atoms with Crippen LogP contribution in [0.15, 0.2) is 34.8 Å². The molecule has 1 saturated heterocycles. The van der Waals surface area contributed by atoms with Gasteiger partial charge in [0.25, 0.3) is 5.91 Å². The number of morpholine rings is 1. The number of amides is 1. The summed E-state index contributed by atoms with van der Waals surface area (Å²) < 4.78 is 32.6. The number of rotatable bonds is 3. The molecule has 25 heavy (non-hydrogen) atoms. The van der Waals surface area contributed by atoms with Gasteiger partial charge in [0.2, 0.25) is 0 Å². The number of hydrogen-bond donors (Lipinski definition) is 2. The molecule has 5 nitrogen and oxygen atoms in total. The Hall–Kier alpha value is -2.19. The van der Waals surface area contributed by atoms with E-state index < -0.39 is 17.5 Å². The quantitative estimate of drug-likeness (QED) is 0.759. The zero-order valence-electron chi connectivity index (χ0n) is 13.2. The van der Waals surface area contributed by atoms with Crippen molar-refractivity contribution in [2.24, 2.45) is 0 Å². The lowest BCUT2D eigenvalue weighted by atomic mass is 10.1. The predicted molar refractivity (Wildman–Crippen MR) is 95.9 cm³/mol. The predicted octanol–water partition coefficient (Wildman–Crippen LogP) is 3.40. The van der Waals surface area contributed by atoms with Crippen LogP contribution in [0.4, 0.5) is 25.8 Å². The van der Waals surface area contributed by atoms with Crippen LogP contribution in [0.5, 0.6) is 0 Å². The van der Waals surface area contributed by atoms with Crippen molar-refractivity contribution in [2.75, 3.05) is 42.3 Å². The average Bonchev–Trinajstić information content (AvgIpc) is 2.58.